The molecule has 0 spiro atoms. The van der Waals surface area contributed by atoms with Crippen LogP contribution in [0.1, 0.15) is 34.7 Å². The Bertz CT molecular complexity index is 1180. The topological polar surface area (TPSA) is 61.8 Å². The molecule has 1 atom stereocenters. The van der Waals surface area contributed by atoms with Gasteiger partial charge in [-0.05, 0) is 29.2 Å². The number of aliphatic imine (C=N–C) groups is 1. The molecule has 0 radical (unpaired) electrons. The molecule has 0 amide bonds. The number of hydrogen-bond donors (Lipinski definition) is 1. The molecule has 0 bridgehead atoms. The Morgan fingerprint density at radius 2 is 1.59 bits per heavy atom. The van der Waals surface area contributed by atoms with Gasteiger partial charge in [-0.15, -0.1) is 12.4 Å². The second-order valence-electron chi connectivity index (χ2n) is 7.95. The van der Waals surface area contributed by atoms with Crippen LogP contribution in [0.3, 0.4) is 0 Å². The van der Waals surface area contributed by atoms with Gasteiger partial charge in [-0.1, -0.05) is 72.8 Å². The van der Waals surface area contributed by atoms with Crippen molar-refractivity contribution in [2.45, 2.75) is 25.4 Å². The number of benzene rings is 3. The summed E-state index contributed by atoms with van der Waals surface area (Å²) in [5.74, 6) is 1.01. The van der Waals surface area contributed by atoms with Crippen molar-refractivity contribution >= 4 is 34.0 Å². The molecule has 1 N–H and O–H groups in total. The van der Waals surface area contributed by atoms with Gasteiger partial charge in [0.05, 0.1) is 11.9 Å². The number of rotatable bonds is 6. The molecular formula is C25H28ClN3O2S. The molecule has 7 heteroatoms. The number of nitrogens with zero attached hydrogens (tertiary/aromatic N) is 2. The number of fused-ring (bicyclic) bond motifs is 1. The average Bonchev–Trinajstić information content (AvgIpc) is 2.89. The van der Waals surface area contributed by atoms with Crippen molar-refractivity contribution in [2.75, 3.05) is 18.0 Å². The van der Waals surface area contributed by atoms with Crippen LogP contribution in [0.4, 0.5) is 5.69 Å². The number of hydrogen-bond acceptors (Lipinski definition) is 4. The average molecular weight is 470 g/mol. The number of amidine groups is 1. The first-order chi connectivity index (χ1) is 14.9. The third kappa shape index (κ3) is 5.69. The van der Waals surface area contributed by atoms with Gasteiger partial charge in [0.15, 0.2) is 0 Å². The zero-order chi connectivity index (χ0) is 21.8. The molecular weight excluding hydrogens is 442 g/mol. The zero-order valence-electron chi connectivity index (χ0n) is 18.2. The highest BCUT2D eigenvalue weighted by Crippen LogP contribution is 2.36. The lowest BCUT2D eigenvalue weighted by Crippen LogP contribution is -2.26. The smallest absolute Gasteiger partial charge is 0.229 e. The highest BCUT2D eigenvalue weighted by molar-refractivity contribution is 7.92. The summed E-state index contributed by atoms with van der Waals surface area (Å²) in [6.45, 7) is 0.588. The van der Waals surface area contributed by atoms with E-state index in [1.807, 2.05) is 43.4 Å². The van der Waals surface area contributed by atoms with Crippen LogP contribution in [-0.4, -0.2) is 32.5 Å². The fourth-order valence-electron chi connectivity index (χ4n) is 4.02. The van der Waals surface area contributed by atoms with Gasteiger partial charge in [-0.25, -0.2) is 8.42 Å². The van der Waals surface area contributed by atoms with Gasteiger partial charge >= 0.3 is 0 Å². The third-order valence-electron chi connectivity index (χ3n) is 5.51. The third-order valence-corrected chi connectivity index (χ3v) is 6.10. The lowest BCUT2D eigenvalue weighted by Gasteiger charge is -2.21. The lowest BCUT2D eigenvalue weighted by molar-refractivity contribution is 0.491. The van der Waals surface area contributed by atoms with Crippen molar-refractivity contribution in [1.82, 2.24) is 4.90 Å². The maximum Gasteiger partial charge on any atom is 0.229 e. The first kappa shape index (κ1) is 23.8. The number of halogens is 1. The monoisotopic (exact) mass is 469 g/mol. The van der Waals surface area contributed by atoms with Crippen molar-refractivity contribution in [2.24, 2.45) is 4.99 Å². The van der Waals surface area contributed by atoms with E-state index in [1.54, 1.807) is 0 Å². The first-order valence-electron chi connectivity index (χ1n) is 10.4. The molecule has 0 aromatic heterocycles. The molecule has 168 valence electrons. The van der Waals surface area contributed by atoms with E-state index in [2.05, 4.69) is 52.1 Å². The summed E-state index contributed by atoms with van der Waals surface area (Å²) in [5.41, 5.74) is 4.97. The molecule has 32 heavy (non-hydrogen) atoms. The van der Waals surface area contributed by atoms with Gasteiger partial charge in [0.25, 0.3) is 0 Å². The quantitative estimate of drug-likeness (QED) is 0.549. The Morgan fingerprint density at radius 3 is 2.25 bits per heavy atom. The molecule has 1 aliphatic heterocycles. The molecule has 0 saturated carbocycles. The van der Waals surface area contributed by atoms with Crippen LogP contribution >= 0.6 is 12.4 Å². The van der Waals surface area contributed by atoms with Crippen LogP contribution in [0.5, 0.6) is 0 Å². The summed E-state index contributed by atoms with van der Waals surface area (Å²) in [6, 6.07) is 26.2. The van der Waals surface area contributed by atoms with Gasteiger partial charge in [-0.3, -0.25) is 9.71 Å². The molecule has 3 aromatic carbocycles. The predicted octanol–water partition coefficient (Wildman–Crippen LogP) is 5.05. The Kier molecular flexibility index (Phi) is 7.59. The highest BCUT2D eigenvalue weighted by Gasteiger charge is 2.26. The number of sulfonamides is 1. The molecule has 0 aliphatic carbocycles. The number of nitrogens with one attached hydrogen (secondary N) is 1. The van der Waals surface area contributed by atoms with Crippen LogP contribution in [0.15, 0.2) is 83.9 Å². The van der Waals surface area contributed by atoms with E-state index in [9.17, 15) is 8.42 Å². The van der Waals surface area contributed by atoms with Crippen LogP contribution < -0.4 is 4.72 Å². The van der Waals surface area contributed by atoms with Gasteiger partial charge in [0.1, 0.15) is 11.9 Å². The second-order valence-corrected chi connectivity index (χ2v) is 9.70. The SMILES string of the molecule is CN1Cc2c(NS(C)(=O)=O)cccc2C(c2ccccc2)N=C1CCc1ccccc1.Cl. The highest BCUT2D eigenvalue weighted by atomic mass is 35.5. The standard InChI is InChI=1S/C25H27N3O2S.ClH/c1-28-18-22-21(14-9-15-23(22)27-31(2,29)30)25(20-12-7-4-8-13-20)26-24(28)17-16-19-10-5-3-6-11-19;/h3-15,25,27H,16-18H2,1-2H3;1H. The fraction of sp³-hybridized carbons (Fsp3) is 0.240. The maximum atomic E-state index is 12.0. The normalized spacial score (nSPS) is 15.8. The molecule has 5 nitrogen and oxygen atoms in total. The van der Waals surface area contributed by atoms with Crippen molar-refractivity contribution in [3.63, 3.8) is 0 Å². The minimum Gasteiger partial charge on any atom is -0.359 e. The molecule has 1 heterocycles. The molecule has 1 aliphatic rings. The van der Waals surface area contributed by atoms with Gasteiger partial charge < -0.3 is 4.90 Å². The van der Waals surface area contributed by atoms with E-state index in [0.29, 0.717) is 12.2 Å². The number of aryl methyl sites for hydroxylation is 1. The fourth-order valence-corrected chi connectivity index (χ4v) is 4.61. The summed E-state index contributed by atoms with van der Waals surface area (Å²) in [4.78, 5) is 7.32. The van der Waals surface area contributed by atoms with Crippen LogP contribution in [-0.2, 0) is 23.0 Å². The summed E-state index contributed by atoms with van der Waals surface area (Å²) >= 11 is 0. The molecule has 0 fully saturated rings. The number of anilines is 1. The first-order valence-corrected chi connectivity index (χ1v) is 12.3. The Morgan fingerprint density at radius 1 is 0.938 bits per heavy atom. The van der Waals surface area contributed by atoms with Crippen LogP contribution in [0.25, 0.3) is 0 Å². The van der Waals surface area contributed by atoms with E-state index < -0.39 is 10.0 Å². The van der Waals surface area contributed by atoms with Crippen LogP contribution in [0, 0.1) is 0 Å². The van der Waals surface area contributed by atoms with E-state index in [4.69, 9.17) is 4.99 Å². The largest absolute Gasteiger partial charge is 0.359 e. The van der Waals surface area contributed by atoms with Gasteiger partial charge in [-0.2, -0.15) is 0 Å². The predicted molar refractivity (Wildman–Crippen MR) is 134 cm³/mol. The van der Waals surface area contributed by atoms with E-state index in [-0.39, 0.29) is 18.4 Å². The second kappa shape index (κ2) is 10.2. The molecule has 4 rings (SSSR count). The molecule has 1 unspecified atom stereocenters. The minimum atomic E-state index is -3.39. The van der Waals surface area contributed by atoms with Crippen molar-refractivity contribution in [1.29, 1.82) is 0 Å². The molecule has 0 saturated heterocycles. The van der Waals surface area contributed by atoms with E-state index >= 15 is 0 Å². The van der Waals surface area contributed by atoms with Crippen molar-refractivity contribution in [3.8, 4) is 0 Å². The van der Waals surface area contributed by atoms with Crippen LogP contribution in [0.2, 0.25) is 0 Å². The molecule has 3 aromatic rings. The Labute approximate surface area is 196 Å². The maximum absolute atomic E-state index is 12.0. The Hall–Kier alpha value is -2.83. The van der Waals surface area contributed by atoms with Gasteiger partial charge in [0, 0.05) is 25.6 Å². The minimum absolute atomic E-state index is 0. The Balaban J connectivity index is 0.00000289. The van der Waals surface area contributed by atoms with Crippen molar-refractivity contribution < 1.29 is 8.42 Å². The summed E-state index contributed by atoms with van der Waals surface area (Å²) in [7, 11) is -1.36. The zero-order valence-corrected chi connectivity index (χ0v) is 19.9. The van der Waals surface area contributed by atoms with E-state index in [0.717, 1.165) is 35.4 Å². The summed E-state index contributed by atoms with van der Waals surface area (Å²) in [5, 5.41) is 0. The van der Waals surface area contributed by atoms with E-state index in [1.165, 1.54) is 11.8 Å². The summed E-state index contributed by atoms with van der Waals surface area (Å²) < 4.78 is 26.6. The lowest BCUT2D eigenvalue weighted by atomic mass is 9.94. The summed E-state index contributed by atoms with van der Waals surface area (Å²) in [6.07, 6.45) is 2.90. The van der Waals surface area contributed by atoms with Crippen molar-refractivity contribution in [3.05, 3.63) is 101 Å². The van der Waals surface area contributed by atoms with Gasteiger partial charge in [0.2, 0.25) is 10.0 Å².